The minimum atomic E-state index is 0.937. The van der Waals surface area contributed by atoms with Crippen molar-refractivity contribution in [3.05, 3.63) is 468 Å². The van der Waals surface area contributed by atoms with Crippen molar-refractivity contribution < 1.29 is 0 Å². The number of fused-ring (bicyclic) bond motifs is 3. The number of hydrogen-bond donors (Lipinski definition) is 0. The summed E-state index contributed by atoms with van der Waals surface area (Å²) in [6.45, 7) is 0. The van der Waals surface area contributed by atoms with Gasteiger partial charge >= 0.3 is 0 Å². The molecule has 0 saturated carbocycles. The smallest absolute Gasteiger partial charge is 0.0715 e. The molecule has 7 nitrogen and oxygen atoms in total. The minimum absolute atomic E-state index is 0.937. The van der Waals surface area contributed by atoms with Crippen LogP contribution < -0.4 is 0 Å². The number of nitrogens with zero attached hydrogens (tertiary/aromatic N) is 7. The molecule has 0 spiro atoms. The molecule has 0 saturated heterocycles. The van der Waals surface area contributed by atoms with E-state index in [1.807, 2.05) is 85.5 Å². The van der Waals surface area contributed by atoms with Crippen molar-refractivity contribution in [2.45, 2.75) is 0 Å². The first kappa shape index (κ1) is 74.0. The van der Waals surface area contributed by atoms with E-state index in [1.165, 1.54) is 60.8 Å². The van der Waals surface area contributed by atoms with Crippen molar-refractivity contribution in [2.75, 3.05) is 0 Å². The first-order chi connectivity index (χ1) is 59.4. The van der Waals surface area contributed by atoms with Crippen molar-refractivity contribution in [1.29, 1.82) is 0 Å². The Morgan fingerprint density at radius 3 is 0.650 bits per heavy atom. The van der Waals surface area contributed by atoms with Gasteiger partial charge in [0.2, 0.25) is 0 Å². The van der Waals surface area contributed by atoms with Crippen LogP contribution in [0.3, 0.4) is 0 Å². The van der Waals surface area contributed by atoms with Crippen LogP contribution in [0, 0.1) is 0 Å². The van der Waals surface area contributed by atoms with E-state index in [1.54, 1.807) is 12.4 Å². The molecule has 21 rings (SSSR count). The molecule has 0 radical (unpaired) electrons. The van der Waals surface area contributed by atoms with Gasteiger partial charge in [0.1, 0.15) is 0 Å². The average Bonchev–Trinajstić information content (AvgIpc) is 0.793. The summed E-state index contributed by atoms with van der Waals surface area (Å²) in [5.74, 6) is 0. The van der Waals surface area contributed by atoms with Gasteiger partial charge in [-0.25, -0.2) is 15.0 Å². The monoisotopic (exact) mass is 1530 g/mol. The van der Waals surface area contributed by atoms with Crippen LogP contribution in [0.2, 0.25) is 0 Å². The van der Waals surface area contributed by atoms with Crippen LogP contribution in [0.1, 0.15) is 0 Å². The molecule has 564 valence electrons. The standard InChI is InChI=1S/2C38H26N2.C37H25N3/c2*1-3-9-27(10-4-1)29-15-19-31(20-16-29)37-24-34(35-23-33-13-7-8-14-36(33)39-26-35)25-38(40-37)32-21-17-30(18-22-32)28-11-5-2-6-12-28;1-2-6-31-21-32(18-13-26(31)5-1)35-22-36(29-14-9-27(10-15-29)33-7-3-19-38-24-33)40-37(23-35)30-16-11-28(12-17-30)34-8-4-20-39-25-34/h2*1-26H;1-25H. The highest BCUT2D eigenvalue weighted by molar-refractivity contribution is 5.91. The Morgan fingerprint density at radius 2 is 0.350 bits per heavy atom. The molecule has 0 aliphatic rings. The molecule has 7 aromatic heterocycles. The fourth-order valence-electron chi connectivity index (χ4n) is 15.4. The molecule has 14 aromatic carbocycles. The fourth-order valence-corrected chi connectivity index (χ4v) is 15.4. The molecular formula is C113H77N7. The van der Waals surface area contributed by atoms with Crippen LogP contribution in [0.25, 0.3) is 200 Å². The van der Waals surface area contributed by atoms with E-state index in [0.717, 1.165) is 139 Å². The van der Waals surface area contributed by atoms with Gasteiger partial charge in [-0.2, -0.15) is 0 Å². The number of para-hydroxylation sites is 2. The molecule has 0 aliphatic heterocycles. The molecule has 0 bridgehead atoms. The maximum absolute atomic E-state index is 5.15. The average molecular weight is 1530 g/mol. The zero-order chi connectivity index (χ0) is 80.2. The van der Waals surface area contributed by atoms with Crippen molar-refractivity contribution >= 4 is 32.6 Å². The predicted octanol–water partition coefficient (Wildman–Crippen LogP) is 29.3. The SMILES string of the molecule is c1ccc(-c2ccc(-c3cc(-c4cnc5ccccc5c4)cc(-c4ccc(-c5ccccc5)cc4)n3)cc2)cc1.c1ccc(-c2ccc(-c3cc(-c4cnc5ccccc5c4)cc(-c4ccc(-c5ccccc5)cc4)n3)cc2)cc1.c1cncc(-c2ccc(-c3cc(-c4ccc5ccccc5c4)cc(-c4ccc(-c5cccnc5)cc4)n3)cc2)c1. The van der Waals surface area contributed by atoms with Crippen molar-refractivity contribution in [3.63, 3.8) is 0 Å². The molecular weight excluding hydrogens is 1460 g/mol. The Kier molecular flexibility index (Phi) is 21.3. The molecule has 7 heterocycles. The van der Waals surface area contributed by atoms with Gasteiger partial charge in [-0.3, -0.25) is 19.9 Å². The van der Waals surface area contributed by atoms with Crippen LogP contribution in [-0.2, 0) is 0 Å². The minimum Gasteiger partial charge on any atom is -0.264 e. The van der Waals surface area contributed by atoms with Gasteiger partial charge in [-0.05, 0) is 179 Å². The number of hydrogen-bond acceptors (Lipinski definition) is 7. The maximum Gasteiger partial charge on any atom is 0.0715 e. The van der Waals surface area contributed by atoms with E-state index in [-0.39, 0.29) is 0 Å². The zero-order valence-corrected chi connectivity index (χ0v) is 65.6. The molecule has 7 heteroatoms. The first-order valence-corrected chi connectivity index (χ1v) is 40.3. The van der Waals surface area contributed by atoms with Crippen LogP contribution >= 0.6 is 0 Å². The van der Waals surface area contributed by atoms with Crippen molar-refractivity contribution in [3.8, 4) is 168 Å². The first-order valence-electron chi connectivity index (χ1n) is 40.3. The van der Waals surface area contributed by atoms with E-state index < -0.39 is 0 Å². The largest absolute Gasteiger partial charge is 0.264 e. The Morgan fingerprint density at radius 1 is 0.125 bits per heavy atom. The summed E-state index contributed by atoms with van der Waals surface area (Å²) in [6.07, 6.45) is 11.3. The van der Waals surface area contributed by atoms with E-state index >= 15 is 0 Å². The van der Waals surface area contributed by atoms with Gasteiger partial charge in [0.15, 0.2) is 0 Å². The number of aromatic nitrogens is 7. The number of benzene rings is 14. The highest BCUT2D eigenvalue weighted by Gasteiger charge is 2.17. The lowest BCUT2D eigenvalue weighted by Crippen LogP contribution is -1.92. The lowest BCUT2D eigenvalue weighted by atomic mass is 9.96. The summed E-state index contributed by atoms with van der Waals surface area (Å²) in [5.41, 5.74) is 34.8. The molecule has 0 aliphatic carbocycles. The maximum atomic E-state index is 5.15. The molecule has 0 atom stereocenters. The summed E-state index contributed by atoms with van der Waals surface area (Å²) in [4.78, 5) is 33.4. The Balaban J connectivity index is 0.000000119. The van der Waals surface area contributed by atoms with E-state index in [0.29, 0.717) is 0 Å². The number of pyridine rings is 7. The summed E-state index contributed by atoms with van der Waals surface area (Å²) < 4.78 is 0. The van der Waals surface area contributed by atoms with Gasteiger partial charge in [0.05, 0.1) is 45.2 Å². The molecule has 0 unspecified atom stereocenters. The summed E-state index contributed by atoms with van der Waals surface area (Å²) in [5, 5.41) is 4.71. The quantitative estimate of drug-likeness (QED) is 0.101. The van der Waals surface area contributed by atoms with Crippen molar-refractivity contribution in [1.82, 2.24) is 34.9 Å². The topological polar surface area (TPSA) is 90.2 Å². The van der Waals surface area contributed by atoms with Crippen LogP contribution in [0.15, 0.2) is 468 Å². The van der Waals surface area contributed by atoms with E-state index in [4.69, 9.17) is 24.9 Å². The lowest BCUT2D eigenvalue weighted by Gasteiger charge is -2.12. The second-order valence-electron chi connectivity index (χ2n) is 29.7. The third kappa shape index (κ3) is 16.9. The van der Waals surface area contributed by atoms with Gasteiger partial charge in [-0.15, -0.1) is 0 Å². The molecule has 0 fully saturated rings. The number of rotatable bonds is 15. The third-order valence-corrected chi connectivity index (χ3v) is 21.9. The van der Waals surface area contributed by atoms with Gasteiger partial charge in [0.25, 0.3) is 0 Å². The van der Waals surface area contributed by atoms with Gasteiger partial charge in [-0.1, -0.05) is 352 Å². The third-order valence-electron chi connectivity index (χ3n) is 21.9. The second kappa shape index (κ2) is 34.5. The summed E-state index contributed by atoms with van der Waals surface area (Å²) in [7, 11) is 0. The Labute approximate surface area is 698 Å². The fraction of sp³-hybridized carbons (Fsp3) is 0. The Bertz CT molecular complexity index is 6110. The molecule has 0 amide bonds. The highest BCUT2D eigenvalue weighted by Crippen LogP contribution is 2.39. The van der Waals surface area contributed by atoms with Gasteiger partial charge < -0.3 is 0 Å². The van der Waals surface area contributed by atoms with Gasteiger partial charge in [0, 0.05) is 92.5 Å². The summed E-state index contributed by atoms with van der Waals surface area (Å²) >= 11 is 0. The van der Waals surface area contributed by atoms with Crippen LogP contribution in [-0.4, -0.2) is 34.9 Å². The Hall–Kier alpha value is -16.1. The predicted molar refractivity (Wildman–Crippen MR) is 498 cm³/mol. The van der Waals surface area contributed by atoms with Crippen molar-refractivity contribution in [2.24, 2.45) is 0 Å². The second-order valence-corrected chi connectivity index (χ2v) is 29.7. The van der Waals surface area contributed by atoms with Crippen LogP contribution in [0.5, 0.6) is 0 Å². The lowest BCUT2D eigenvalue weighted by molar-refractivity contribution is 1.31. The van der Waals surface area contributed by atoms with E-state index in [2.05, 4.69) is 380 Å². The molecule has 120 heavy (non-hydrogen) atoms. The highest BCUT2D eigenvalue weighted by atomic mass is 14.7. The normalized spacial score (nSPS) is 11.0. The molecule has 0 N–H and O–H groups in total. The van der Waals surface area contributed by atoms with E-state index in [9.17, 15) is 0 Å². The summed E-state index contributed by atoms with van der Waals surface area (Å²) in [6, 6.07) is 151. The zero-order valence-electron chi connectivity index (χ0n) is 65.6. The van der Waals surface area contributed by atoms with Crippen LogP contribution in [0.4, 0.5) is 0 Å². The molecule has 21 aromatic rings.